The largest absolute Gasteiger partial charge is 0.481 e. The van der Waals surface area contributed by atoms with Crippen molar-refractivity contribution >= 4 is 23.2 Å². The van der Waals surface area contributed by atoms with Crippen LogP contribution in [0.4, 0.5) is 13.2 Å². The molecule has 3 rings (SSSR count). The average molecular weight is 455 g/mol. The zero-order valence-corrected chi connectivity index (χ0v) is 18.3. The number of imidazole rings is 1. The zero-order valence-electron chi connectivity index (χ0n) is 17.5. The monoisotopic (exact) mass is 454 g/mol. The maximum atomic E-state index is 13.2. The standard InChI is InChI=1S/C22H22ClF3N2O3/c1-12(2)19-17(28-9-15(22(24,25)26)8-16(23)21(28)27-19)10-30-18(29)11-31-20-13(3)6-5-7-14(20)4/h5-9,12H,10-11H2,1-4H3. The topological polar surface area (TPSA) is 52.8 Å². The molecule has 0 bridgehead atoms. The lowest BCUT2D eigenvalue weighted by Crippen LogP contribution is -2.17. The minimum Gasteiger partial charge on any atom is -0.481 e. The lowest BCUT2D eigenvalue weighted by atomic mass is 10.1. The summed E-state index contributed by atoms with van der Waals surface area (Å²) in [7, 11) is 0. The molecule has 0 spiro atoms. The summed E-state index contributed by atoms with van der Waals surface area (Å²) in [4.78, 5) is 16.6. The van der Waals surface area contributed by atoms with Gasteiger partial charge >= 0.3 is 12.1 Å². The van der Waals surface area contributed by atoms with Gasteiger partial charge in [0, 0.05) is 6.20 Å². The van der Waals surface area contributed by atoms with E-state index in [0.717, 1.165) is 23.4 Å². The molecule has 0 aliphatic rings. The first-order valence-corrected chi connectivity index (χ1v) is 9.99. The minimum absolute atomic E-state index is 0.120. The van der Waals surface area contributed by atoms with Crippen LogP contribution in [0.3, 0.4) is 0 Å². The number of aryl methyl sites for hydroxylation is 2. The molecule has 0 aliphatic heterocycles. The van der Waals surface area contributed by atoms with Gasteiger partial charge in [0.25, 0.3) is 0 Å². The number of ether oxygens (including phenoxy) is 2. The fraction of sp³-hybridized carbons (Fsp3) is 0.364. The summed E-state index contributed by atoms with van der Waals surface area (Å²) in [6, 6.07) is 6.45. The fourth-order valence-electron chi connectivity index (χ4n) is 3.28. The van der Waals surface area contributed by atoms with Gasteiger partial charge in [0.2, 0.25) is 0 Å². The summed E-state index contributed by atoms with van der Waals surface area (Å²) in [5, 5.41) is -0.132. The Morgan fingerprint density at radius 2 is 1.87 bits per heavy atom. The molecule has 0 fully saturated rings. The van der Waals surface area contributed by atoms with E-state index < -0.39 is 17.7 Å². The van der Waals surface area contributed by atoms with Gasteiger partial charge in [0.15, 0.2) is 12.3 Å². The second kappa shape index (κ2) is 8.78. The molecule has 5 nitrogen and oxygen atoms in total. The molecule has 2 heterocycles. The number of hydrogen-bond acceptors (Lipinski definition) is 4. The van der Waals surface area contributed by atoms with Gasteiger partial charge in [-0.25, -0.2) is 9.78 Å². The molecule has 3 aromatic rings. The van der Waals surface area contributed by atoms with Crippen molar-refractivity contribution in [3.05, 3.63) is 63.6 Å². The Labute approximate surface area is 182 Å². The van der Waals surface area contributed by atoms with Crippen molar-refractivity contribution in [2.75, 3.05) is 6.61 Å². The van der Waals surface area contributed by atoms with Gasteiger partial charge < -0.3 is 9.47 Å². The predicted octanol–water partition coefficient (Wildman–Crippen LogP) is 5.87. The van der Waals surface area contributed by atoms with Crippen LogP contribution in [0.5, 0.6) is 5.75 Å². The quantitative estimate of drug-likeness (QED) is 0.437. The normalized spacial score (nSPS) is 11.9. The molecular formula is C22H22ClF3N2O3. The Bertz CT molecular complexity index is 1100. The number of para-hydroxylation sites is 1. The van der Waals surface area contributed by atoms with Crippen LogP contribution in [0, 0.1) is 13.8 Å². The van der Waals surface area contributed by atoms with Gasteiger partial charge in [0.05, 0.1) is 22.0 Å². The SMILES string of the molecule is Cc1cccc(C)c1OCC(=O)OCc1c(C(C)C)nc2c(Cl)cc(C(F)(F)F)cn12. The number of pyridine rings is 1. The third-order valence-electron chi connectivity index (χ3n) is 4.79. The molecule has 0 aliphatic carbocycles. The first-order valence-electron chi connectivity index (χ1n) is 9.61. The maximum Gasteiger partial charge on any atom is 0.417 e. The lowest BCUT2D eigenvalue weighted by molar-refractivity contribution is -0.147. The van der Waals surface area contributed by atoms with Crippen LogP contribution in [-0.2, 0) is 22.3 Å². The summed E-state index contributed by atoms with van der Waals surface area (Å²) in [5.41, 5.74) is 1.86. The van der Waals surface area contributed by atoms with E-state index in [1.165, 1.54) is 4.40 Å². The van der Waals surface area contributed by atoms with E-state index in [1.807, 2.05) is 45.9 Å². The number of halogens is 4. The Kier molecular flexibility index (Phi) is 6.50. The molecule has 0 saturated carbocycles. The van der Waals surface area contributed by atoms with E-state index >= 15 is 0 Å². The Morgan fingerprint density at radius 3 is 2.45 bits per heavy atom. The van der Waals surface area contributed by atoms with Crippen molar-refractivity contribution in [2.24, 2.45) is 0 Å². The van der Waals surface area contributed by atoms with Gasteiger partial charge in [0.1, 0.15) is 12.4 Å². The lowest BCUT2D eigenvalue weighted by Gasteiger charge is -2.13. The number of hydrogen-bond donors (Lipinski definition) is 0. The van der Waals surface area contributed by atoms with Gasteiger partial charge in [-0.2, -0.15) is 13.2 Å². The molecule has 0 N–H and O–H groups in total. The van der Waals surface area contributed by atoms with Gasteiger partial charge in [-0.05, 0) is 37.0 Å². The van der Waals surface area contributed by atoms with E-state index in [2.05, 4.69) is 4.98 Å². The minimum atomic E-state index is -4.58. The molecule has 31 heavy (non-hydrogen) atoms. The van der Waals surface area contributed by atoms with Crippen molar-refractivity contribution in [3.63, 3.8) is 0 Å². The predicted molar refractivity (Wildman–Crippen MR) is 111 cm³/mol. The Balaban J connectivity index is 1.83. The average Bonchev–Trinajstić information content (AvgIpc) is 3.05. The molecular weight excluding hydrogens is 433 g/mol. The molecule has 166 valence electrons. The second-order valence-electron chi connectivity index (χ2n) is 7.54. The Hall–Kier alpha value is -2.74. The molecule has 1 aromatic carbocycles. The third-order valence-corrected chi connectivity index (χ3v) is 5.07. The molecule has 2 aromatic heterocycles. The number of carbonyl (C=O) groups excluding carboxylic acids is 1. The highest BCUT2D eigenvalue weighted by Crippen LogP contribution is 2.34. The summed E-state index contributed by atoms with van der Waals surface area (Å²) in [6.07, 6.45) is -3.66. The van der Waals surface area contributed by atoms with E-state index in [1.54, 1.807) is 0 Å². The number of aromatic nitrogens is 2. The number of fused-ring (bicyclic) bond motifs is 1. The van der Waals surface area contributed by atoms with Crippen LogP contribution in [0.1, 0.15) is 47.8 Å². The van der Waals surface area contributed by atoms with E-state index in [-0.39, 0.29) is 29.8 Å². The van der Waals surface area contributed by atoms with E-state index in [4.69, 9.17) is 21.1 Å². The van der Waals surface area contributed by atoms with Crippen molar-refractivity contribution < 1.29 is 27.4 Å². The first-order chi connectivity index (χ1) is 14.5. The number of alkyl halides is 3. The molecule has 0 radical (unpaired) electrons. The van der Waals surface area contributed by atoms with Crippen molar-refractivity contribution in [3.8, 4) is 5.75 Å². The van der Waals surface area contributed by atoms with Gasteiger partial charge in [-0.3, -0.25) is 4.40 Å². The van der Waals surface area contributed by atoms with Crippen LogP contribution < -0.4 is 4.74 Å². The fourth-order valence-corrected chi connectivity index (χ4v) is 3.53. The highest BCUT2D eigenvalue weighted by molar-refractivity contribution is 6.33. The number of esters is 1. The van der Waals surface area contributed by atoms with Crippen LogP contribution in [0.25, 0.3) is 5.65 Å². The number of carbonyl (C=O) groups is 1. The summed E-state index contributed by atoms with van der Waals surface area (Å²) >= 11 is 6.06. The maximum absolute atomic E-state index is 13.2. The number of benzene rings is 1. The van der Waals surface area contributed by atoms with Gasteiger partial charge in [-0.1, -0.05) is 43.6 Å². The molecule has 0 amide bonds. The number of rotatable bonds is 6. The smallest absolute Gasteiger partial charge is 0.417 e. The summed E-state index contributed by atoms with van der Waals surface area (Å²) in [5.74, 6) is -0.172. The molecule has 0 unspecified atom stereocenters. The van der Waals surface area contributed by atoms with Crippen molar-refractivity contribution in [1.82, 2.24) is 9.38 Å². The summed E-state index contributed by atoms with van der Waals surface area (Å²) < 4.78 is 51.8. The van der Waals surface area contributed by atoms with E-state index in [0.29, 0.717) is 17.1 Å². The number of nitrogens with zero attached hydrogens (tertiary/aromatic N) is 2. The van der Waals surface area contributed by atoms with Crippen LogP contribution >= 0.6 is 11.6 Å². The molecule has 0 saturated heterocycles. The molecule has 9 heteroatoms. The highest BCUT2D eigenvalue weighted by Gasteiger charge is 2.32. The summed E-state index contributed by atoms with van der Waals surface area (Å²) in [6.45, 7) is 6.83. The van der Waals surface area contributed by atoms with Crippen molar-refractivity contribution in [1.29, 1.82) is 0 Å². The second-order valence-corrected chi connectivity index (χ2v) is 7.94. The Morgan fingerprint density at radius 1 is 1.23 bits per heavy atom. The first kappa shape index (κ1) is 22.9. The third kappa shape index (κ3) is 4.95. The van der Waals surface area contributed by atoms with Crippen molar-refractivity contribution in [2.45, 2.75) is 46.4 Å². The van der Waals surface area contributed by atoms with Gasteiger partial charge in [-0.15, -0.1) is 0 Å². The zero-order chi connectivity index (χ0) is 22.9. The van der Waals surface area contributed by atoms with Crippen LogP contribution in [-0.4, -0.2) is 22.0 Å². The van der Waals surface area contributed by atoms with Crippen LogP contribution in [0.15, 0.2) is 30.5 Å². The molecule has 0 atom stereocenters. The van der Waals surface area contributed by atoms with E-state index in [9.17, 15) is 18.0 Å². The highest BCUT2D eigenvalue weighted by atomic mass is 35.5. The van der Waals surface area contributed by atoms with Crippen LogP contribution in [0.2, 0.25) is 5.02 Å².